The van der Waals surface area contributed by atoms with E-state index in [2.05, 4.69) is 12.2 Å². The fourth-order valence-electron chi connectivity index (χ4n) is 2.14. The van der Waals surface area contributed by atoms with Crippen LogP contribution >= 0.6 is 0 Å². The summed E-state index contributed by atoms with van der Waals surface area (Å²) in [7, 11) is 0. The zero-order valence-corrected chi connectivity index (χ0v) is 8.21. The van der Waals surface area contributed by atoms with Gasteiger partial charge in [-0.1, -0.05) is 19.8 Å². The van der Waals surface area contributed by atoms with Crippen LogP contribution in [-0.2, 0) is 0 Å². The summed E-state index contributed by atoms with van der Waals surface area (Å²) >= 11 is 0. The maximum atomic E-state index is 10.1. The summed E-state index contributed by atoms with van der Waals surface area (Å²) in [5.74, 6) is 0.614. The molecule has 1 aliphatic rings. The van der Waals surface area contributed by atoms with Gasteiger partial charge in [0.2, 0.25) is 0 Å². The van der Waals surface area contributed by atoms with Gasteiger partial charge in [-0.25, -0.2) is 0 Å². The molecule has 3 heteroatoms. The van der Waals surface area contributed by atoms with E-state index in [1.54, 1.807) is 0 Å². The number of aliphatic hydroxyl groups is 1. The molecule has 0 amide bonds. The van der Waals surface area contributed by atoms with Crippen molar-refractivity contribution in [2.24, 2.45) is 5.92 Å². The highest BCUT2D eigenvalue weighted by atomic mass is 16.3. The van der Waals surface area contributed by atoms with Gasteiger partial charge >= 0.3 is 0 Å². The second-order valence-corrected chi connectivity index (χ2v) is 4.19. The molecule has 0 bridgehead atoms. The molecule has 0 aromatic rings. The number of nitrogens with one attached hydrogen (secondary N) is 1. The predicted octanol–water partition coefficient (Wildman–Crippen LogP) is 1.04. The Hall–Kier alpha value is -0.590. The van der Waals surface area contributed by atoms with Crippen molar-refractivity contribution in [1.29, 1.82) is 5.26 Å². The van der Waals surface area contributed by atoms with E-state index in [0.29, 0.717) is 19.0 Å². The van der Waals surface area contributed by atoms with Crippen LogP contribution in [0.15, 0.2) is 0 Å². The molecule has 0 spiro atoms. The first-order valence-electron chi connectivity index (χ1n) is 4.96. The van der Waals surface area contributed by atoms with Crippen molar-refractivity contribution in [2.75, 3.05) is 13.1 Å². The van der Waals surface area contributed by atoms with Gasteiger partial charge in [-0.15, -0.1) is 0 Å². The summed E-state index contributed by atoms with van der Waals surface area (Å²) in [6, 6.07) is 2.01. The third kappa shape index (κ3) is 3.33. The summed E-state index contributed by atoms with van der Waals surface area (Å²) in [5, 5.41) is 21.4. The second-order valence-electron chi connectivity index (χ2n) is 4.19. The third-order valence-electron chi connectivity index (χ3n) is 2.73. The van der Waals surface area contributed by atoms with Crippen LogP contribution in [0.3, 0.4) is 0 Å². The first-order valence-corrected chi connectivity index (χ1v) is 4.96. The van der Waals surface area contributed by atoms with Crippen LogP contribution < -0.4 is 5.32 Å². The van der Waals surface area contributed by atoms with Crippen LogP contribution in [0.4, 0.5) is 0 Å². The van der Waals surface area contributed by atoms with Gasteiger partial charge < -0.3 is 10.4 Å². The lowest BCUT2D eigenvalue weighted by Gasteiger charge is -2.35. The molecule has 74 valence electrons. The maximum Gasteiger partial charge on any atom is 0.0841 e. The monoisotopic (exact) mass is 182 g/mol. The lowest BCUT2D eigenvalue weighted by atomic mass is 9.79. The highest BCUT2D eigenvalue weighted by molar-refractivity contribution is 4.88. The largest absolute Gasteiger partial charge is 0.389 e. The normalized spacial score (nSPS) is 34.1. The van der Waals surface area contributed by atoms with Crippen molar-refractivity contribution < 1.29 is 5.11 Å². The lowest BCUT2D eigenvalue weighted by molar-refractivity contribution is -0.0108. The molecule has 2 unspecified atom stereocenters. The third-order valence-corrected chi connectivity index (χ3v) is 2.73. The molecule has 1 fully saturated rings. The summed E-state index contributed by atoms with van der Waals surface area (Å²) < 4.78 is 0. The van der Waals surface area contributed by atoms with Crippen molar-refractivity contribution in [3.63, 3.8) is 0 Å². The van der Waals surface area contributed by atoms with E-state index in [-0.39, 0.29) is 0 Å². The van der Waals surface area contributed by atoms with Crippen LogP contribution in [-0.4, -0.2) is 23.8 Å². The van der Waals surface area contributed by atoms with Crippen LogP contribution in [0.1, 0.15) is 32.6 Å². The number of hydrogen-bond acceptors (Lipinski definition) is 3. The molecule has 0 heterocycles. The Kier molecular flexibility index (Phi) is 3.71. The molecule has 1 aliphatic carbocycles. The van der Waals surface area contributed by atoms with Gasteiger partial charge in [0.25, 0.3) is 0 Å². The predicted molar refractivity (Wildman–Crippen MR) is 51.1 cm³/mol. The van der Waals surface area contributed by atoms with E-state index in [1.807, 2.05) is 6.07 Å². The Bertz CT molecular complexity index is 200. The molecule has 0 aromatic carbocycles. The van der Waals surface area contributed by atoms with Crippen molar-refractivity contribution in [1.82, 2.24) is 5.32 Å². The van der Waals surface area contributed by atoms with Crippen LogP contribution in [0.5, 0.6) is 0 Å². The first kappa shape index (κ1) is 10.5. The fourth-order valence-corrected chi connectivity index (χ4v) is 2.14. The summed E-state index contributed by atoms with van der Waals surface area (Å²) in [6.45, 7) is 3.07. The molecule has 3 nitrogen and oxygen atoms in total. The molecular formula is C10H18N2O. The number of nitriles is 1. The van der Waals surface area contributed by atoms with Gasteiger partial charge in [0.15, 0.2) is 0 Å². The van der Waals surface area contributed by atoms with Gasteiger partial charge in [-0.2, -0.15) is 5.26 Å². The highest BCUT2D eigenvalue weighted by Gasteiger charge is 2.31. The minimum absolute atomic E-state index is 0.330. The Labute approximate surface area is 79.8 Å². The van der Waals surface area contributed by atoms with Gasteiger partial charge in [0.05, 0.1) is 18.2 Å². The van der Waals surface area contributed by atoms with Crippen LogP contribution in [0, 0.1) is 17.2 Å². The lowest BCUT2D eigenvalue weighted by Crippen LogP contribution is -2.44. The first-order chi connectivity index (χ1) is 6.16. The molecular weight excluding hydrogens is 164 g/mol. The minimum Gasteiger partial charge on any atom is -0.389 e. The molecule has 1 saturated carbocycles. The summed E-state index contributed by atoms with van der Waals surface area (Å²) in [4.78, 5) is 0. The van der Waals surface area contributed by atoms with Crippen molar-refractivity contribution in [3.8, 4) is 6.07 Å². The average Bonchev–Trinajstić information content (AvgIpc) is 2.04. The zero-order chi connectivity index (χ0) is 9.73. The number of nitrogens with zero attached hydrogens (tertiary/aromatic N) is 1. The van der Waals surface area contributed by atoms with E-state index >= 15 is 0 Å². The van der Waals surface area contributed by atoms with E-state index in [0.717, 1.165) is 19.3 Å². The second kappa shape index (κ2) is 4.59. The molecule has 0 radical (unpaired) electrons. The average molecular weight is 182 g/mol. The maximum absolute atomic E-state index is 10.1. The standard InChI is InChI=1S/C10H18N2O/c1-9-3-2-4-10(13,7-9)8-12-6-5-11/h9,12-13H,2-4,6-8H2,1H3. The van der Waals surface area contributed by atoms with E-state index in [9.17, 15) is 5.11 Å². The van der Waals surface area contributed by atoms with Crippen molar-refractivity contribution in [2.45, 2.75) is 38.2 Å². The van der Waals surface area contributed by atoms with Crippen molar-refractivity contribution >= 4 is 0 Å². The van der Waals surface area contributed by atoms with Crippen molar-refractivity contribution in [3.05, 3.63) is 0 Å². The molecule has 2 atom stereocenters. The highest BCUT2D eigenvalue weighted by Crippen LogP contribution is 2.31. The Morgan fingerprint density at radius 3 is 3.08 bits per heavy atom. The van der Waals surface area contributed by atoms with Crippen LogP contribution in [0.2, 0.25) is 0 Å². The van der Waals surface area contributed by atoms with Gasteiger partial charge in [-0.05, 0) is 18.8 Å². The zero-order valence-electron chi connectivity index (χ0n) is 8.21. The number of rotatable bonds is 3. The smallest absolute Gasteiger partial charge is 0.0841 e. The van der Waals surface area contributed by atoms with Gasteiger partial charge in [0.1, 0.15) is 0 Å². The minimum atomic E-state index is -0.561. The number of hydrogen-bond donors (Lipinski definition) is 2. The van der Waals surface area contributed by atoms with Gasteiger partial charge in [-0.3, -0.25) is 0 Å². The van der Waals surface area contributed by atoms with Crippen LogP contribution in [0.25, 0.3) is 0 Å². The molecule has 2 N–H and O–H groups in total. The SMILES string of the molecule is CC1CCCC(O)(CNCC#N)C1. The molecule has 13 heavy (non-hydrogen) atoms. The molecule has 0 aromatic heterocycles. The summed E-state index contributed by atoms with van der Waals surface area (Å²) in [6.07, 6.45) is 4.06. The Morgan fingerprint density at radius 2 is 2.46 bits per heavy atom. The Morgan fingerprint density at radius 1 is 1.69 bits per heavy atom. The molecule has 0 aliphatic heterocycles. The van der Waals surface area contributed by atoms with E-state index < -0.39 is 5.60 Å². The fraction of sp³-hybridized carbons (Fsp3) is 0.900. The molecule has 1 rings (SSSR count). The molecule has 0 saturated heterocycles. The summed E-state index contributed by atoms with van der Waals surface area (Å²) in [5.41, 5.74) is -0.561. The van der Waals surface area contributed by atoms with Gasteiger partial charge in [0, 0.05) is 6.54 Å². The quantitative estimate of drug-likeness (QED) is 0.506. The van der Waals surface area contributed by atoms with E-state index in [4.69, 9.17) is 5.26 Å². The van der Waals surface area contributed by atoms with E-state index in [1.165, 1.54) is 6.42 Å². The topological polar surface area (TPSA) is 56.0 Å². The Balaban J connectivity index is 2.32.